The Kier molecular flexibility index (Phi) is 3.87. The van der Waals surface area contributed by atoms with Crippen LogP contribution in [0.4, 0.5) is 0 Å². The van der Waals surface area contributed by atoms with E-state index in [9.17, 15) is 4.79 Å². The number of carbonyl (C=O) groups excluding carboxylic acids is 1. The smallest absolute Gasteiger partial charge is 0.244 e. The third-order valence-corrected chi connectivity index (χ3v) is 5.16. The molecule has 3 nitrogen and oxygen atoms in total. The van der Waals surface area contributed by atoms with Crippen molar-refractivity contribution in [2.45, 2.75) is 50.7 Å². The third-order valence-electron chi connectivity index (χ3n) is 4.63. The van der Waals surface area contributed by atoms with Crippen LogP contribution < -0.4 is 5.32 Å². The summed E-state index contributed by atoms with van der Waals surface area (Å²) in [5.74, 6) is 0.299. The molecule has 1 heterocycles. The minimum Gasteiger partial charge on any atom is -0.322 e. The fourth-order valence-electron chi connectivity index (χ4n) is 3.54. The first kappa shape index (κ1) is 14.1. The molecule has 2 aliphatic rings. The molecule has 20 heavy (non-hydrogen) atoms. The Labute approximate surface area is 128 Å². The Morgan fingerprint density at radius 3 is 2.50 bits per heavy atom. The highest BCUT2D eigenvalue weighted by Crippen LogP contribution is 2.39. The van der Waals surface area contributed by atoms with Gasteiger partial charge in [0.1, 0.15) is 6.17 Å². The van der Waals surface area contributed by atoms with Crippen molar-refractivity contribution >= 4 is 21.8 Å². The molecule has 1 unspecified atom stereocenters. The minimum atomic E-state index is -0.300. The molecule has 108 valence electrons. The fraction of sp³-hybridized carbons (Fsp3) is 0.562. The van der Waals surface area contributed by atoms with Crippen molar-refractivity contribution in [1.82, 2.24) is 10.2 Å². The average Bonchev–Trinajstić information content (AvgIpc) is 2.73. The van der Waals surface area contributed by atoms with Crippen LogP contribution >= 0.6 is 15.9 Å². The summed E-state index contributed by atoms with van der Waals surface area (Å²) in [4.78, 5) is 14.8. The fourth-order valence-corrected chi connectivity index (χ4v) is 3.81. The van der Waals surface area contributed by atoms with Crippen molar-refractivity contribution in [2.24, 2.45) is 0 Å². The first-order valence-electron chi connectivity index (χ1n) is 7.50. The van der Waals surface area contributed by atoms with Gasteiger partial charge in [0.2, 0.25) is 5.91 Å². The van der Waals surface area contributed by atoms with Gasteiger partial charge in [-0.25, -0.2) is 0 Å². The van der Waals surface area contributed by atoms with E-state index in [-0.39, 0.29) is 11.7 Å². The van der Waals surface area contributed by atoms with Gasteiger partial charge in [-0.2, -0.15) is 0 Å². The minimum absolute atomic E-state index is 0.0266. The van der Waals surface area contributed by atoms with Crippen LogP contribution in [0.15, 0.2) is 28.7 Å². The van der Waals surface area contributed by atoms with Crippen LogP contribution in [0.3, 0.4) is 0 Å². The number of halogens is 1. The van der Waals surface area contributed by atoms with Gasteiger partial charge in [0, 0.05) is 11.0 Å². The average molecular weight is 337 g/mol. The van der Waals surface area contributed by atoms with Gasteiger partial charge >= 0.3 is 0 Å². The van der Waals surface area contributed by atoms with Crippen LogP contribution in [-0.4, -0.2) is 22.9 Å². The van der Waals surface area contributed by atoms with Gasteiger partial charge in [0.25, 0.3) is 0 Å². The lowest BCUT2D eigenvalue weighted by atomic mass is 9.81. The van der Waals surface area contributed by atoms with E-state index in [0.717, 1.165) is 36.7 Å². The van der Waals surface area contributed by atoms with Gasteiger partial charge in [-0.05, 0) is 37.5 Å². The summed E-state index contributed by atoms with van der Waals surface area (Å²) in [6.07, 6.45) is 5.56. The molecule has 1 aromatic rings. The van der Waals surface area contributed by atoms with Gasteiger partial charge in [-0.3, -0.25) is 10.1 Å². The maximum absolute atomic E-state index is 12.8. The number of hydrogen-bond acceptors (Lipinski definition) is 2. The maximum Gasteiger partial charge on any atom is 0.244 e. The Morgan fingerprint density at radius 1 is 1.25 bits per heavy atom. The predicted octanol–water partition coefficient (Wildman–Crippen LogP) is 3.60. The van der Waals surface area contributed by atoms with Gasteiger partial charge in [-0.15, -0.1) is 0 Å². The highest BCUT2D eigenvalue weighted by Gasteiger charge is 2.50. The van der Waals surface area contributed by atoms with Crippen LogP contribution in [0.2, 0.25) is 0 Å². The summed E-state index contributed by atoms with van der Waals surface area (Å²) < 4.78 is 1.07. The number of rotatable bonds is 2. The molecule has 1 saturated carbocycles. The topological polar surface area (TPSA) is 32.3 Å². The normalized spacial score (nSPS) is 25.4. The van der Waals surface area contributed by atoms with E-state index in [0.29, 0.717) is 5.91 Å². The van der Waals surface area contributed by atoms with E-state index in [4.69, 9.17) is 0 Å². The summed E-state index contributed by atoms with van der Waals surface area (Å²) in [6.45, 7) is 2.82. The molecule has 1 amide bonds. The van der Waals surface area contributed by atoms with Crippen molar-refractivity contribution in [3.05, 3.63) is 34.3 Å². The number of benzene rings is 1. The lowest BCUT2D eigenvalue weighted by molar-refractivity contribution is -0.134. The molecule has 2 fully saturated rings. The Balaban J connectivity index is 1.91. The van der Waals surface area contributed by atoms with Crippen molar-refractivity contribution in [3.63, 3.8) is 0 Å². The van der Waals surface area contributed by atoms with Crippen molar-refractivity contribution in [1.29, 1.82) is 0 Å². The molecule has 1 saturated heterocycles. The van der Waals surface area contributed by atoms with Crippen LogP contribution in [0, 0.1) is 0 Å². The number of nitrogens with one attached hydrogen (secondary N) is 1. The van der Waals surface area contributed by atoms with Gasteiger partial charge in [0.05, 0.1) is 5.54 Å². The molecule has 1 aromatic carbocycles. The van der Waals surface area contributed by atoms with Crippen LogP contribution in [0.1, 0.15) is 50.8 Å². The monoisotopic (exact) mass is 336 g/mol. The zero-order valence-electron chi connectivity index (χ0n) is 11.9. The zero-order valence-corrected chi connectivity index (χ0v) is 13.4. The zero-order chi connectivity index (χ0) is 14.2. The van der Waals surface area contributed by atoms with E-state index in [1.165, 1.54) is 12.0 Å². The Hall–Kier alpha value is -0.870. The Morgan fingerprint density at radius 2 is 1.90 bits per heavy atom. The van der Waals surface area contributed by atoms with Crippen molar-refractivity contribution in [2.75, 3.05) is 6.54 Å². The second-order valence-electron chi connectivity index (χ2n) is 5.83. The van der Waals surface area contributed by atoms with Crippen LogP contribution in [0.25, 0.3) is 0 Å². The molecule has 0 bridgehead atoms. The molecule has 1 aliphatic heterocycles. The maximum atomic E-state index is 12.8. The van der Waals surface area contributed by atoms with Crippen molar-refractivity contribution in [3.8, 4) is 0 Å². The number of nitrogens with zero attached hydrogens (tertiary/aromatic N) is 1. The second-order valence-corrected chi connectivity index (χ2v) is 6.75. The molecule has 1 N–H and O–H groups in total. The molecule has 1 spiro atoms. The molecule has 3 rings (SSSR count). The van der Waals surface area contributed by atoms with Gasteiger partial charge in [0.15, 0.2) is 0 Å². The summed E-state index contributed by atoms with van der Waals surface area (Å²) in [5.41, 5.74) is 0.872. The summed E-state index contributed by atoms with van der Waals surface area (Å²) >= 11 is 3.47. The molecule has 1 aliphatic carbocycles. The number of likely N-dealkylation sites (N-methyl/N-ethyl adjacent to an activating group) is 1. The lowest BCUT2D eigenvalue weighted by Crippen LogP contribution is -2.48. The number of carbonyl (C=O) groups is 1. The Bertz CT molecular complexity index is 494. The molecule has 1 atom stereocenters. The molecular weight excluding hydrogens is 316 g/mol. The predicted molar refractivity (Wildman–Crippen MR) is 83.2 cm³/mol. The molecular formula is C16H21BrN2O. The van der Waals surface area contributed by atoms with E-state index in [1.54, 1.807) is 0 Å². The largest absolute Gasteiger partial charge is 0.322 e. The number of amides is 1. The quantitative estimate of drug-likeness (QED) is 0.894. The summed E-state index contributed by atoms with van der Waals surface area (Å²) in [7, 11) is 0. The van der Waals surface area contributed by atoms with Crippen LogP contribution in [-0.2, 0) is 4.79 Å². The summed E-state index contributed by atoms with van der Waals surface area (Å²) in [6, 6.07) is 8.28. The highest BCUT2D eigenvalue weighted by atomic mass is 79.9. The SMILES string of the molecule is CCN1C(=O)C2(CCCCC2)NC1c1ccc(Br)cc1. The van der Waals surface area contributed by atoms with Crippen LogP contribution in [0.5, 0.6) is 0 Å². The van der Waals surface area contributed by atoms with E-state index in [2.05, 4.69) is 40.3 Å². The van der Waals surface area contributed by atoms with E-state index >= 15 is 0 Å². The van der Waals surface area contributed by atoms with E-state index in [1.807, 2.05) is 17.0 Å². The second kappa shape index (κ2) is 5.49. The lowest BCUT2D eigenvalue weighted by Gasteiger charge is -2.31. The number of hydrogen-bond donors (Lipinski definition) is 1. The third kappa shape index (κ3) is 2.29. The van der Waals surface area contributed by atoms with Crippen molar-refractivity contribution < 1.29 is 4.79 Å². The standard InChI is InChI=1S/C16H21BrN2O/c1-2-19-14(12-6-8-13(17)9-7-12)18-16(15(19)20)10-4-3-5-11-16/h6-9,14,18H,2-5,10-11H2,1H3. The molecule has 0 aromatic heterocycles. The van der Waals surface area contributed by atoms with E-state index < -0.39 is 0 Å². The highest BCUT2D eigenvalue weighted by molar-refractivity contribution is 9.10. The first-order chi connectivity index (χ1) is 9.66. The van der Waals surface area contributed by atoms with Gasteiger partial charge in [-0.1, -0.05) is 47.3 Å². The molecule has 4 heteroatoms. The molecule has 0 radical (unpaired) electrons. The first-order valence-corrected chi connectivity index (χ1v) is 8.30. The van der Waals surface area contributed by atoms with Gasteiger partial charge < -0.3 is 4.90 Å². The summed E-state index contributed by atoms with van der Waals surface area (Å²) in [5, 5.41) is 3.65.